The Morgan fingerprint density at radius 2 is 2.00 bits per heavy atom. The molecule has 0 aliphatic heterocycles. The average Bonchev–Trinajstić information content (AvgIpc) is 3.36. The van der Waals surface area contributed by atoms with Crippen LogP contribution in [0.4, 0.5) is 13.2 Å². The summed E-state index contributed by atoms with van der Waals surface area (Å²) in [6, 6.07) is 6.43. The largest absolute Gasteiger partial charge is 0.490 e. The molecule has 1 aromatic heterocycles. The molecule has 0 amide bonds. The van der Waals surface area contributed by atoms with Crippen LogP contribution in [0.25, 0.3) is 0 Å². The molecule has 1 N–H and O–H groups in total. The van der Waals surface area contributed by atoms with E-state index in [1.807, 2.05) is 0 Å². The quantitative estimate of drug-likeness (QED) is 0.411. The first-order valence-electron chi connectivity index (χ1n) is 9.77. The molecule has 1 fully saturated rings. The van der Waals surface area contributed by atoms with Crippen molar-refractivity contribution in [3.05, 3.63) is 45.6 Å². The van der Waals surface area contributed by atoms with Gasteiger partial charge < -0.3 is 9.47 Å². The predicted molar refractivity (Wildman–Crippen MR) is 109 cm³/mol. The van der Waals surface area contributed by atoms with E-state index in [4.69, 9.17) is 27.9 Å². The van der Waals surface area contributed by atoms with E-state index in [0.717, 1.165) is 25.7 Å². The van der Waals surface area contributed by atoms with Gasteiger partial charge in [0.25, 0.3) is 0 Å². The summed E-state index contributed by atoms with van der Waals surface area (Å²) < 4.78 is 49.9. The Morgan fingerprint density at radius 1 is 1.29 bits per heavy atom. The van der Waals surface area contributed by atoms with E-state index in [1.165, 1.54) is 13.1 Å². The summed E-state index contributed by atoms with van der Waals surface area (Å²) in [5.74, 6) is -1.58. The minimum Gasteiger partial charge on any atom is -0.473 e. The fraction of sp³-hybridized carbons (Fsp3) is 0.500. The smallest absolute Gasteiger partial charge is 0.473 e. The lowest BCUT2D eigenvalue weighted by Crippen LogP contribution is -2.31. The second-order valence-corrected chi connectivity index (χ2v) is 8.18. The Balaban J connectivity index is 1.82. The van der Waals surface area contributed by atoms with Crippen molar-refractivity contribution in [2.24, 2.45) is 5.92 Å². The molecule has 0 saturated heterocycles. The molecular formula is C20H22Cl2F3N3O3. The van der Waals surface area contributed by atoms with Gasteiger partial charge in [0, 0.05) is 28.2 Å². The maximum atomic E-state index is 12.6. The normalized spacial score (nSPS) is 15.8. The average molecular weight is 480 g/mol. The van der Waals surface area contributed by atoms with Gasteiger partial charge in [-0.05, 0) is 44.0 Å². The number of carbonyl (C=O) groups is 1. The molecule has 0 spiro atoms. The van der Waals surface area contributed by atoms with Crippen molar-refractivity contribution in [3.63, 3.8) is 0 Å². The molecule has 31 heavy (non-hydrogen) atoms. The fourth-order valence-electron chi connectivity index (χ4n) is 3.48. The third-order valence-electron chi connectivity index (χ3n) is 5.04. The number of hydrogen-bond acceptors (Lipinski definition) is 5. The Kier molecular flexibility index (Phi) is 7.72. The molecule has 1 heterocycles. The number of ether oxygens (including phenoxy) is 2. The van der Waals surface area contributed by atoms with E-state index in [0.29, 0.717) is 34.0 Å². The number of hydrogen-bond donors (Lipinski definition) is 1. The van der Waals surface area contributed by atoms with Crippen LogP contribution in [-0.2, 0) is 22.7 Å². The van der Waals surface area contributed by atoms with Gasteiger partial charge in [-0.3, -0.25) is 5.32 Å². The van der Waals surface area contributed by atoms with Crippen LogP contribution >= 0.6 is 23.2 Å². The Labute approximate surface area is 187 Å². The third kappa shape index (κ3) is 6.27. The number of aromatic nitrogens is 2. The number of alkyl halides is 3. The standard InChI is InChI=1S/C20H22Cl2F3N3O3/c1-26-18(31-19(29)20(23,24)25)16-9-17(28(27-16)10-12-4-2-3-5-12)30-11-13-8-14(21)6-7-15(13)22/h6-9,12,18,26H,2-5,10-11H2,1H3. The van der Waals surface area contributed by atoms with Gasteiger partial charge in [-0.1, -0.05) is 36.0 Å². The zero-order valence-electron chi connectivity index (χ0n) is 16.7. The molecule has 1 aliphatic carbocycles. The number of carbonyl (C=O) groups excluding carboxylic acids is 1. The summed E-state index contributed by atoms with van der Waals surface area (Å²) >= 11 is 12.2. The van der Waals surface area contributed by atoms with Crippen molar-refractivity contribution in [2.75, 3.05) is 7.05 Å². The fourth-order valence-corrected chi connectivity index (χ4v) is 3.84. The maximum Gasteiger partial charge on any atom is 0.490 e. The highest BCUT2D eigenvalue weighted by Gasteiger charge is 2.42. The van der Waals surface area contributed by atoms with Crippen LogP contribution in [0.1, 0.15) is 43.2 Å². The summed E-state index contributed by atoms with van der Waals surface area (Å²) in [5, 5.41) is 7.86. The molecule has 1 saturated carbocycles. The molecule has 1 aromatic carbocycles. The predicted octanol–water partition coefficient (Wildman–Crippen LogP) is 5.28. The second kappa shape index (κ2) is 10.1. The highest BCUT2D eigenvalue weighted by Crippen LogP contribution is 2.30. The SMILES string of the molecule is CNC(OC(=O)C(F)(F)F)c1cc(OCc2cc(Cl)ccc2Cl)n(CC2CCCC2)n1. The molecule has 6 nitrogen and oxygen atoms in total. The topological polar surface area (TPSA) is 65.4 Å². The van der Waals surface area contributed by atoms with E-state index in [1.54, 1.807) is 22.9 Å². The molecule has 3 rings (SSSR count). The van der Waals surface area contributed by atoms with Crippen molar-refractivity contribution >= 4 is 29.2 Å². The van der Waals surface area contributed by atoms with Crippen molar-refractivity contribution in [2.45, 2.75) is 51.2 Å². The van der Waals surface area contributed by atoms with Crippen LogP contribution in [0.5, 0.6) is 5.88 Å². The summed E-state index contributed by atoms with van der Waals surface area (Å²) in [6.07, 6.45) is -2.17. The second-order valence-electron chi connectivity index (χ2n) is 7.34. The van der Waals surface area contributed by atoms with E-state index >= 15 is 0 Å². The summed E-state index contributed by atoms with van der Waals surface area (Å²) in [4.78, 5) is 11.3. The first-order valence-corrected chi connectivity index (χ1v) is 10.5. The van der Waals surface area contributed by atoms with Crippen molar-refractivity contribution in [1.82, 2.24) is 15.1 Å². The summed E-state index contributed by atoms with van der Waals surface area (Å²) in [6.45, 7) is 0.629. The van der Waals surface area contributed by atoms with Gasteiger partial charge in [-0.2, -0.15) is 18.3 Å². The van der Waals surface area contributed by atoms with Crippen LogP contribution in [-0.4, -0.2) is 29.0 Å². The molecular weight excluding hydrogens is 458 g/mol. The highest BCUT2D eigenvalue weighted by molar-refractivity contribution is 6.33. The van der Waals surface area contributed by atoms with Gasteiger partial charge >= 0.3 is 12.1 Å². The van der Waals surface area contributed by atoms with Gasteiger partial charge in [0.15, 0.2) is 6.23 Å². The lowest BCUT2D eigenvalue weighted by Gasteiger charge is -2.16. The van der Waals surface area contributed by atoms with Crippen LogP contribution in [0, 0.1) is 5.92 Å². The van der Waals surface area contributed by atoms with E-state index in [-0.39, 0.29) is 12.3 Å². The van der Waals surface area contributed by atoms with Crippen LogP contribution in [0.15, 0.2) is 24.3 Å². The van der Waals surface area contributed by atoms with Crippen molar-refractivity contribution in [3.8, 4) is 5.88 Å². The zero-order chi connectivity index (χ0) is 22.6. The summed E-state index contributed by atoms with van der Waals surface area (Å²) in [5.41, 5.74) is 0.753. The van der Waals surface area contributed by atoms with Crippen LogP contribution < -0.4 is 10.1 Å². The number of nitrogens with zero attached hydrogens (tertiary/aromatic N) is 2. The number of nitrogens with one attached hydrogen (secondary N) is 1. The van der Waals surface area contributed by atoms with Crippen molar-refractivity contribution in [1.29, 1.82) is 0 Å². The molecule has 11 heteroatoms. The minimum absolute atomic E-state index is 0.0851. The van der Waals surface area contributed by atoms with Gasteiger partial charge in [-0.15, -0.1) is 0 Å². The molecule has 0 radical (unpaired) electrons. The third-order valence-corrected chi connectivity index (χ3v) is 5.64. The first-order chi connectivity index (χ1) is 14.7. The van der Waals surface area contributed by atoms with E-state index < -0.39 is 18.4 Å². The van der Waals surface area contributed by atoms with Gasteiger partial charge in [0.05, 0.1) is 0 Å². The number of rotatable bonds is 8. The zero-order valence-corrected chi connectivity index (χ0v) is 18.2. The van der Waals surface area contributed by atoms with Crippen LogP contribution in [0.2, 0.25) is 10.0 Å². The summed E-state index contributed by atoms with van der Waals surface area (Å²) in [7, 11) is 1.37. The Hall–Kier alpha value is -1.97. The lowest BCUT2D eigenvalue weighted by atomic mass is 10.1. The van der Waals surface area contributed by atoms with E-state index in [2.05, 4.69) is 15.2 Å². The lowest BCUT2D eigenvalue weighted by molar-refractivity contribution is -0.206. The number of halogens is 5. The molecule has 0 bridgehead atoms. The molecule has 2 aromatic rings. The highest BCUT2D eigenvalue weighted by atomic mass is 35.5. The first kappa shape index (κ1) is 23.7. The maximum absolute atomic E-state index is 12.6. The molecule has 1 atom stereocenters. The van der Waals surface area contributed by atoms with Crippen LogP contribution in [0.3, 0.4) is 0 Å². The van der Waals surface area contributed by atoms with Crippen molar-refractivity contribution < 1.29 is 27.4 Å². The minimum atomic E-state index is -5.11. The number of esters is 1. The van der Waals surface area contributed by atoms with Gasteiger partial charge in [0.1, 0.15) is 12.3 Å². The monoisotopic (exact) mass is 479 g/mol. The van der Waals surface area contributed by atoms with E-state index in [9.17, 15) is 18.0 Å². The Morgan fingerprint density at radius 3 is 2.65 bits per heavy atom. The van der Waals surface area contributed by atoms with Gasteiger partial charge in [-0.25, -0.2) is 9.48 Å². The van der Waals surface area contributed by atoms with Gasteiger partial charge in [0.2, 0.25) is 5.88 Å². The molecule has 1 unspecified atom stereocenters. The molecule has 1 aliphatic rings. The number of benzene rings is 1. The molecule has 170 valence electrons. The Bertz CT molecular complexity index is 915.